The highest BCUT2D eigenvalue weighted by atomic mass is 32.1. The van der Waals surface area contributed by atoms with Crippen LogP contribution in [0.2, 0.25) is 0 Å². The SMILES string of the molecule is NC(Cc1ccc(F)cc1)Cc1cscn1. The van der Waals surface area contributed by atoms with Gasteiger partial charge in [0.15, 0.2) is 0 Å². The van der Waals surface area contributed by atoms with Crippen LogP contribution in [-0.4, -0.2) is 11.0 Å². The van der Waals surface area contributed by atoms with Crippen LogP contribution in [0.15, 0.2) is 35.2 Å². The number of halogens is 1. The first-order valence-electron chi connectivity index (χ1n) is 5.11. The average molecular weight is 236 g/mol. The molecular weight excluding hydrogens is 223 g/mol. The van der Waals surface area contributed by atoms with Crippen LogP contribution < -0.4 is 5.73 Å². The molecule has 0 aliphatic carbocycles. The zero-order chi connectivity index (χ0) is 11.4. The van der Waals surface area contributed by atoms with E-state index in [-0.39, 0.29) is 11.9 Å². The first-order chi connectivity index (χ1) is 7.74. The highest BCUT2D eigenvalue weighted by molar-refractivity contribution is 7.07. The molecule has 2 N–H and O–H groups in total. The second-order valence-electron chi connectivity index (χ2n) is 3.77. The highest BCUT2D eigenvalue weighted by Gasteiger charge is 2.06. The van der Waals surface area contributed by atoms with Crippen molar-refractivity contribution in [1.29, 1.82) is 0 Å². The van der Waals surface area contributed by atoms with Gasteiger partial charge in [0.2, 0.25) is 0 Å². The van der Waals surface area contributed by atoms with Gasteiger partial charge < -0.3 is 5.73 Å². The van der Waals surface area contributed by atoms with Crippen LogP contribution in [0, 0.1) is 5.82 Å². The van der Waals surface area contributed by atoms with Crippen molar-refractivity contribution in [3.05, 3.63) is 52.2 Å². The Kier molecular flexibility index (Phi) is 3.64. The number of rotatable bonds is 4. The Morgan fingerprint density at radius 1 is 1.25 bits per heavy atom. The van der Waals surface area contributed by atoms with Crippen molar-refractivity contribution in [2.45, 2.75) is 18.9 Å². The molecule has 0 radical (unpaired) electrons. The third-order valence-corrected chi connectivity index (χ3v) is 3.00. The van der Waals surface area contributed by atoms with E-state index in [4.69, 9.17) is 5.73 Å². The maximum atomic E-state index is 12.7. The molecule has 0 saturated heterocycles. The summed E-state index contributed by atoms with van der Waals surface area (Å²) in [5.74, 6) is -0.211. The van der Waals surface area contributed by atoms with Gasteiger partial charge in [-0.2, -0.15) is 0 Å². The van der Waals surface area contributed by atoms with Crippen LogP contribution in [0.3, 0.4) is 0 Å². The fraction of sp³-hybridized carbons (Fsp3) is 0.250. The van der Waals surface area contributed by atoms with Gasteiger partial charge in [-0.3, -0.25) is 0 Å². The van der Waals surface area contributed by atoms with Crippen molar-refractivity contribution < 1.29 is 4.39 Å². The molecule has 2 nitrogen and oxygen atoms in total. The Hall–Kier alpha value is -1.26. The van der Waals surface area contributed by atoms with Gasteiger partial charge in [0.05, 0.1) is 11.2 Å². The lowest BCUT2D eigenvalue weighted by Gasteiger charge is -2.09. The first-order valence-corrected chi connectivity index (χ1v) is 6.05. The minimum Gasteiger partial charge on any atom is -0.327 e. The summed E-state index contributed by atoms with van der Waals surface area (Å²) in [7, 11) is 0. The van der Waals surface area contributed by atoms with E-state index >= 15 is 0 Å². The molecular formula is C12H13FN2S. The van der Waals surface area contributed by atoms with Crippen LogP contribution in [0.4, 0.5) is 4.39 Å². The largest absolute Gasteiger partial charge is 0.327 e. The molecule has 0 spiro atoms. The van der Waals surface area contributed by atoms with Crippen molar-refractivity contribution in [1.82, 2.24) is 4.98 Å². The van der Waals surface area contributed by atoms with Crippen molar-refractivity contribution in [3.8, 4) is 0 Å². The molecule has 1 heterocycles. The summed E-state index contributed by atoms with van der Waals surface area (Å²) in [4.78, 5) is 4.19. The van der Waals surface area contributed by atoms with Gasteiger partial charge in [0.25, 0.3) is 0 Å². The Labute approximate surface area is 97.9 Å². The van der Waals surface area contributed by atoms with E-state index < -0.39 is 0 Å². The molecule has 2 aromatic rings. The first kappa shape index (κ1) is 11.2. The van der Waals surface area contributed by atoms with Crippen molar-refractivity contribution >= 4 is 11.3 Å². The van der Waals surface area contributed by atoms with Crippen LogP contribution in [0.25, 0.3) is 0 Å². The summed E-state index contributed by atoms with van der Waals surface area (Å²) in [6.07, 6.45) is 1.51. The molecule has 1 aromatic heterocycles. The maximum Gasteiger partial charge on any atom is 0.123 e. The summed E-state index contributed by atoms with van der Waals surface area (Å²) in [5.41, 5.74) is 9.90. The summed E-state index contributed by atoms with van der Waals surface area (Å²) in [6.45, 7) is 0. The van der Waals surface area contributed by atoms with Crippen LogP contribution in [0.5, 0.6) is 0 Å². The Balaban J connectivity index is 1.92. The van der Waals surface area contributed by atoms with Gasteiger partial charge in [-0.05, 0) is 24.1 Å². The minimum absolute atomic E-state index is 0.0348. The number of benzene rings is 1. The molecule has 0 aliphatic rings. The number of aromatic nitrogens is 1. The van der Waals surface area contributed by atoms with E-state index in [1.54, 1.807) is 29.0 Å². The fourth-order valence-corrected chi connectivity index (χ4v) is 2.17. The van der Waals surface area contributed by atoms with Gasteiger partial charge >= 0.3 is 0 Å². The maximum absolute atomic E-state index is 12.7. The van der Waals surface area contributed by atoms with Crippen molar-refractivity contribution in [2.24, 2.45) is 5.73 Å². The number of nitrogens with two attached hydrogens (primary N) is 1. The predicted octanol–water partition coefficient (Wildman–Crippen LogP) is 2.39. The van der Waals surface area contributed by atoms with Gasteiger partial charge in [-0.25, -0.2) is 9.37 Å². The summed E-state index contributed by atoms with van der Waals surface area (Å²) in [6, 6.07) is 6.51. The summed E-state index contributed by atoms with van der Waals surface area (Å²) < 4.78 is 12.7. The predicted molar refractivity (Wildman–Crippen MR) is 63.9 cm³/mol. The van der Waals surface area contributed by atoms with E-state index in [2.05, 4.69) is 4.98 Å². The highest BCUT2D eigenvalue weighted by Crippen LogP contribution is 2.09. The molecule has 84 valence electrons. The second kappa shape index (κ2) is 5.18. The third kappa shape index (κ3) is 3.12. The van der Waals surface area contributed by atoms with E-state index in [0.29, 0.717) is 0 Å². The fourth-order valence-electron chi connectivity index (χ4n) is 1.60. The number of hydrogen-bond acceptors (Lipinski definition) is 3. The van der Waals surface area contributed by atoms with Gasteiger partial charge in [0.1, 0.15) is 5.82 Å². The summed E-state index contributed by atoms with van der Waals surface area (Å²) in [5, 5.41) is 2.00. The zero-order valence-corrected chi connectivity index (χ0v) is 9.58. The molecule has 0 bridgehead atoms. The Morgan fingerprint density at radius 2 is 2.00 bits per heavy atom. The van der Waals surface area contributed by atoms with Crippen molar-refractivity contribution in [3.63, 3.8) is 0 Å². The average Bonchev–Trinajstić information content (AvgIpc) is 2.74. The topological polar surface area (TPSA) is 38.9 Å². The zero-order valence-electron chi connectivity index (χ0n) is 8.77. The number of thiazole rings is 1. The van der Waals surface area contributed by atoms with E-state index in [0.717, 1.165) is 24.1 Å². The second-order valence-corrected chi connectivity index (χ2v) is 4.49. The molecule has 2 rings (SSSR count). The van der Waals surface area contributed by atoms with Gasteiger partial charge in [-0.1, -0.05) is 12.1 Å². The molecule has 1 aromatic carbocycles. The molecule has 4 heteroatoms. The van der Waals surface area contributed by atoms with Crippen LogP contribution in [0.1, 0.15) is 11.3 Å². The molecule has 0 aliphatic heterocycles. The van der Waals surface area contributed by atoms with Gasteiger partial charge in [-0.15, -0.1) is 11.3 Å². The number of nitrogens with zero attached hydrogens (tertiary/aromatic N) is 1. The standard InChI is InChI=1S/C12H13FN2S/c13-10-3-1-9(2-4-10)5-11(14)6-12-7-16-8-15-12/h1-4,7-8,11H,5-6,14H2. The lowest BCUT2D eigenvalue weighted by molar-refractivity contribution is 0.623. The number of hydrogen-bond donors (Lipinski definition) is 1. The molecule has 1 atom stereocenters. The molecule has 0 saturated carbocycles. The smallest absolute Gasteiger partial charge is 0.123 e. The molecule has 16 heavy (non-hydrogen) atoms. The quantitative estimate of drug-likeness (QED) is 0.885. The monoisotopic (exact) mass is 236 g/mol. The third-order valence-electron chi connectivity index (χ3n) is 2.37. The van der Waals surface area contributed by atoms with Crippen molar-refractivity contribution in [2.75, 3.05) is 0 Å². The van der Waals surface area contributed by atoms with Crippen LogP contribution >= 0.6 is 11.3 Å². The van der Waals surface area contributed by atoms with E-state index in [1.165, 1.54) is 12.1 Å². The van der Waals surface area contributed by atoms with E-state index in [9.17, 15) is 4.39 Å². The van der Waals surface area contributed by atoms with Crippen LogP contribution in [-0.2, 0) is 12.8 Å². The lowest BCUT2D eigenvalue weighted by atomic mass is 10.0. The Morgan fingerprint density at radius 3 is 2.62 bits per heavy atom. The minimum atomic E-state index is -0.211. The normalized spacial score (nSPS) is 12.6. The van der Waals surface area contributed by atoms with E-state index in [1.807, 2.05) is 5.38 Å². The molecule has 1 unspecified atom stereocenters. The van der Waals surface area contributed by atoms with Gasteiger partial charge in [0, 0.05) is 17.8 Å². The molecule has 0 amide bonds. The summed E-state index contributed by atoms with van der Waals surface area (Å²) >= 11 is 1.57. The Bertz CT molecular complexity index is 425. The lowest BCUT2D eigenvalue weighted by Crippen LogP contribution is -2.25. The molecule has 0 fully saturated rings.